The lowest BCUT2D eigenvalue weighted by atomic mass is 10.2. The Hall–Kier alpha value is -0.440. The van der Waals surface area contributed by atoms with Crippen LogP contribution in [0.3, 0.4) is 0 Å². The molecule has 0 amide bonds. The predicted molar refractivity (Wildman–Crippen MR) is 33.2 cm³/mol. The van der Waals surface area contributed by atoms with Crippen molar-refractivity contribution in [2.24, 2.45) is 5.73 Å². The van der Waals surface area contributed by atoms with E-state index >= 15 is 0 Å². The topological polar surface area (TPSA) is 26.0 Å². The van der Waals surface area contributed by atoms with Crippen LogP contribution in [0.25, 0.3) is 0 Å². The van der Waals surface area contributed by atoms with Crippen molar-refractivity contribution < 1.29 is 8.78 Å². The van der Waals surface area contributed by atoms with Crippen molar-refractivity contribution in [1.29, 1.82) is 0 Å². The van der Waals surface area contributed by atoms with Crippen molar-refractivity contribution in [3.63, 3.8) is 0 Å². The second kappa shape index (κ2) is 5.69. The van der Waals surface area contributed by atoms with Crippen LogP contribution in [-0.4, -0.2) is 6.54 Å². The predicted octanol–water partition coefficient (Wildman–Crippen LogP) is 1.90. The van der Waals surface area contributed by atoms with Gasteiger partial charge < -0.3 is 5.73 Å². The first-order valence-electron chi connectivity index (χ1n) is 2.98. The van der Waals surface area contributed by atoms with Crippen molar-refractivity contribution >= 4 is 0 Å². The number of halogens is 2. The average Bonchev–Trinajstić information content (AvgIpc) is 1.80. The van der Waals surface area contributed by atoms with Crippen LogP contribution in [0.5, 0.6) is 0 Å². The van der Waals surface area contributed by atoms with Crippen LogP contribution in [0, 0.1) is 0 Å². The zero-order valence-corrected chi connectivity index (χ0v) is 5.24. The molecule has 0 saturated carbocycles. The number of hydrogen-bond donors (Lipinski definition) is 1. The lowest BCUT2D eigenvalue weighted by Crippen LogP contribution is -1.96. The second-order valence-electron chi connectivity index (χ2n) is 1.78. The standard InChI is InChI=1S/C6H11F2N/c7-6(8)4-2-1-3-5-9/h4H,1-3,5,9H2. The maximum atomic E-state index is 11.3. The van der Waals surface area contributed by atoms with Gasteiger partial charge in [-0.2, -0.15) is 8.78 Å². The number of allylic oxidation sites excluding steroid dienone is 1. The molecule has 0 saturated heterocycles. The van der Waals surface area contributed by atoms with Gasteiger partial charge in [0.2, 0.25) is 0 Å². The van der Waals surface area contributed by atoms with Gasteiger partial charge in [-0.25, -0.2) is 0 Å². The van der Waals surface area contributed by atoms with Gasteiger partial charge in [-0.3, -0.25) is 0 Å². The molecule has 0 rings (SSSR count). The van der Waals surface area contributed by atoms with Crippen LogP contribution >= 0.6 is 0 Å². The van der Waals surface area contributed by atoms with Crippen LogP contribution in [0.1, 0.15) is 19.3 Å². The summed E-state index contributed by atoms with van der Waals surface area (Å²) < 4.78 is 22.6. The fourth-order valence-electron chi connectivity index (χ4n) is 0.500. The van der Waals surface area contributed by atoms with E-state index in [1.807, 2.05) is 0 Å². The van der Waals surface area contributed by atoms with Crippen molar-refractivity contribution in [2.75, 3.05) is 6.54 Å². The molecule has 1 nitrogen and oxygen atoms in total. The minimum atomic E-state index is -1.59. The van der Waals surface area contributed by atoms with Gasteiger partial charge >= 0.3 is 0 Å². The molecule has 0 aromatic carbocycles. The number of rotatable bonds is 4. The summed E-state index contributed by atoms with van der Waals surface area (Å²) in [6.45, 7) is 0.585. The van der Waals surface area contributed by atoms with E-state index in [-0.39, 0.29) is 0 Å². The van der Waals surface area contributed by atoms with E-state index in [9.17, 15) is 8.78 Å². The van der Waals surface area contributed by atoms with E-state index < -0.39 is 6.08 Å². The van der Waals surface area contributed by atoms with Crippen molar-refractivity contribution in [3.05, 3.63) is 12.2 Å². The first-order valence-corrected chi connectivity index (χ1v) is 2.98. The summed E-state index contributed by atoms with van der Waals surface area (Å²) in [5, 5.41) is 0. The number of hydrogen-bond acceptors (Lipinski definition) is 1. The van der Waals surface area contributed by atoms with Crippen LogP contribution in [0.4, 0.5) is 8.78 Å². The maximum Gasteiger partial charge on any atom is 0.266 e. The smallest absolute Gasteiger partial charge is 0.266 e. The zero-order valence-electron chi connectivity index (χ0n) is 5.24. The van der Waals surface area contributed by atoms with Crippen LogP contribution in [-0.2, 0) is 0 Å². The molecule has 0 heterocycles. The summed E-state index contributed by atoms with van der Waals surface area (Å²) in [4.78, 5) is 0. The van der Waals surface area contributed by atoms with E-state index in [1.54, 1.807) is 0 Å². The maximum absolute atomic E-state index is 11.3. The molecule has 3 heteroatoms. The molecule has 0 aliphatic carbocycles. The normalized spacial score (nSPS) is 9.22. The third-order valence-electron chi connectivity index (χ3n) is 0.957. The first kappa shape index (κ1) is 8.56. The molecule has 0 aromatic rings. The van der Waals surface area contributed by atoms with Gasteiger partial charge in [-0.05, 0) is 31.9 Å². The van der Waals surface area contributed by atoms with Gasteiger partial charge in [-0.1, -0.05) is 0 Å². The summed E-state index contributed by atoms with van der Waals surface area (Å²) >= 11 is 0. The monoisotopic (exact) mass is 135 g/mol. The third-order valence-corrected chi connectivity index (χ3v) is 0.957. The molecular weight excluding hydrogens is 124 g/mol. The molecular formula is C6H11F2N. The Bertz CT molecular complexity index is 87.1. The summed E-state index contributed by atoms with van der Waals surface area (Å²) in [6.07, 6.45) is 1.36. The van der Waals surface area contributed by atoms with Crippen LogP contribution in [0.2, 0.25) is 0 Å². The van der Waals surface area contributed by atoms with Gasteiger partial charge in [-0.15, -0.1) is 0 Å². The summed E-state index contributed by atoms with van der Waals surface area (Å²) in [5.74, 6) is 0. The first-order chi connectivity index (χ1) is 4.27. The van der Waals surface area contributed by atoms with E-state index in [1.165, 1.54) is 0 Å². The molecule has 0 unspecified atom stereocenters. The van der Waals surface area contributed by atoms with Crippen LogP contribution in [0.15, 0.2) is 12.2 Å². The van der Waals surface area contributed by atoms with E-state index in [2.05, 4.69) is 0 Å². The minimum absolute atomic E-state index is 0.444. The highest BCUT2D eigenvalue weighted by Crippen LogP contribution is 2.02. The van der Waals surface area contributed by atoms with Gasteiger partial charge in [0.05, 0.1) is 0 Å². The molecule has 0 fully saturated rings. The summed E-state index contributed by atoms with van der Waals surface area (Å²) in [5.41, 5.74) is 5.14. The van der Waals surface area contributed by atoms with Crippen molar-refractivity contribution in [2.45, 2.75) is 19.3 Å². The largest absolute Gasteiger partial charge is 0.330 e. The van der Waals surface area contributed by atoms with Gasteiger partial charge in [0.15, 0.2) is 0 Å². The number of unbranched alkanes of at least 4 members (excludes halogenated alkanes) is 2. The van der Waals surface area contributed by atoms with Crippen LogP contribution < -0.4 is 5.73 Å². The molecule has 0 aliphatic rings. The fourth-order valence-corrected chi connectivity index (χ4v) is 0.500. The van der Waals surface area contributed by atoms with Gasteiger partial charge in [0.1, 0.15) is 0 Å². The van der Waals surface area contributed by atoms with E-state index in [4.69, 9.17) is 5.73 Å². The molecule has 54 valence electrons. The fraction of sp³-hybridized carbons (Fsp3) is 0.667. The van der Waals surface area contributed by atoms with Crippen molar-refractivity contribution in [1.82, 2.24) is 0 Å². The Kier molecular flexibility index (Phi) is 5.41. The summed E-state index contributed by atoms with van der Waals surface area (Å²) in [6, 6.07) is 0. The SMILES string of the molecule is NCCCCC=C(F)F. The van der Waals surface area contributed by atoms with E-state index in [0.717, 1.165) is 18.9 Å². The Morgan fingerprint density at radius 2 is 2.00 bits per heavy atom. The third kappa shape index (κ3) is 7.56. The molecule has 0 radical (unpaired) electrons. The lowest BCUT2D eigenvalue weighted by molar-refractivity contribution is 0.416. The Balaban J connectivity index is 3.00. The quantitative estimate of drug-likeness (QED) is 0.585. The van der Waals surface area contributed by atoms with Crippen molar-refractivity contribution in [3.8, 4) is 0 Å². The molecule has 0 bridgehead atoms. The molecule has 0 atom stereocenters. The van der Waals surface area contributed by atoms with Gasteiger partial charge in [0.25, 0.3) is 6.08 Å². The molecule has 2 N–H and O–H groups in total. The highest BCUT2D eigenvalue weighted by atomic mass is 19.3. The lowest BCUT2D eigenvalue weighted by Gasteiger charge is -1.89. The zero-order chi connectivity index (χ0) is 7.11. The highest BCUT2D eigenvalue weighted by molar-refractivity contribution is 4.79. The molecule has 0 aliphatic heterocycles. The minimum Gasteiger partial charge on any atom is -0.330 e. The molecule has 0 spiro atoms. The number of nitrogens with two attached hydrogens (primary N) is 1. The Labute approximate surface area is 53.5 Å². The Morgan fingerprint density at radius 3 is 2.44 bits per heavy atom. The van der Waals surface area contributed by atoms with E-state index in [0.29, 0.717) is 13.0 Å². The summed E-state index contributed by atoms with van der Waals surface area (Å²) in [7, 11) is 0. The van der Waals surface area contributed by atoms with Gasteiger partial charge in [0, 0.05) is 0 Å². The highest BCUT2D eigenvalue weighted by Gasteiger charge is 1.86. The molecule has 0 aromatic heterocycles. The molecule has 9 heavy (non-hydrogen) atoms. The average molecular weight is 135 g/mol. The second-order valence-corrected chi connectivity index (χ2v) is 1.78. The Morgan fingerprint density at radius 1 is 1.33 bits per heavy atom.